The summed E-state index contributed by atoms with van der Waals surface area (Å²) in [6.07, 6.45) is 0.795. The molecule has 0 bridgehead atoms. The molecule has 2 rings (SSSR count). The fourth-order valence-electron chi connectivity index (χ4n) is 7.22. The van der Waals surface area contributed by atoms with Gasteiger partial charge in [-0.25, -0.2) is 0 Å². The highest BCUT2D eigenvalue weighted by atomic mass is 28.4. The molecule has 0 amide bonds. The molecule has 268 valence electrons. The van der Waals surface area contributed by atoms with Gasteiger partial charge in [0.25, 0.3) is 0 Å². The molecule has 2 aliphatic heterocycles. The molecule has 0 radical (unpaired) electrons. The third-order valence-electron chi connectivity index (χ3n) is 10.3. The van der Waals surface area contributed by atoms with Crippen molar-refractivity contribution in [3.05, 3.63) is 11.6 Å². The molecule has 0 aliphatic carbocycles. The summed E-state index contributed by atoms with van der Waals surface area (Å²) >= 11 is 0. The second kappa shape index (κ2) is 14.4. The van der Waals surface area contributed by atoms with Gasteiger partial charge >= 0.3 is 5.97 Å². The largest absolute Gasteiger partial charge is 0.469 e. The molecular formula is C36H66O9Si. The molecule has 9 atom stereocenters. The number of ketones is 1. The molecule has 2 aliphatic rings. The van der Waals surface area contributed by atoms with Crippen LogP contribution in [0.4, 0.5) is 0 Å². The lowest BCUT2D eigenvalue weighted by Gasteiger charge is -2.44. The van der Waals surface area contributed by atoms with Crippen molar-refractivity contribution in [1.82, 2.24) is 0 Å². The number of methoxy groups -OCH3 is 1. The van der Waals surface area contributed by atoms with Crippen molar-refractivity contribution in [1.29, 1.82) is 0 Å². The second-order valence-corrected chi connectivity index (χ2v) is 21.1. The predicted octanol–water partition coefficient (Wildman–Crippen LogP) is 7.61. The van der Waals surface area contributed by atoms with Crippen molar-refractivity contribution in [3.8, 4) is 0 Å². The van der Waals surface area contributed by atoms with Gasteiger partial charge in [0, 0.05) is 18.4 Å². The normalized spacial score (nSPS) is 31.7. The molecule has 9 unspecified atom stereocenters. The average molecular weight is 671 g/mol. The maximum atomic E-state index is 14.2. The molecule has 0 spiro atoms. The summed E-state index contributed by atoms with van der Waals surface area (Å²) in [5.74, 6) is -3.58. The maximum absolute atomic E-state index is 14.2. The quantitative estimate of drug-likeness (QED) is 0.105. The van der Waals surface area contributed by atoms with Gasteiger partial charge in [-0.1, -0.05) is 41.5 Å². The summed E-state index contributed by atoms with van der Waals surface area (Å²) in [6.45, 7) is 34.4. The summed E-state index contributed by atoms with van der Waals surface area (Å²) in [5, 5.41) is -0.0799. The Balaban J connectivity index is 2.53. The number of ether oxygens (including phenoxy) is 6. The topological polar surface area (TPSA) is 98.8 Å². The number of esters is 1. The van der Waals surface area contributed by atoms with E-state index in [9.17, 15) is 9.59 Å². The van der Waals surface area contributed by atoms with E-state index in [-0.39, 0.29) is 28.8 Å². The van der Waals surface area contributed by atoms with Crippen LogP contribution in [0.2, 0.25) is 18.1 Å². The van der Waals surface area contributed by atoms with Crippen molar-refractivity contribution < 1.29 is 42.4 Å². The molecule has 0 saturated carbocycles. The summed E-state index contributed by atoms with van der Waals surface area (Å²) < 4.78 is 44.3. The van der Waals surface area contributed by atoms with Crippen molar-refractivity contribution in [2.45, 2.75) is 176 Å². The number of carbonyl (C=O) groups excluding carboxylic acids is 2. The minimum atomic E-state index is -2.32. The van der Waals surface area contributed by atoms with Crippen LogP contribution in [0.5, 0.6) is 0 Å². The highest BCUT2D eigenvalue weighted by molar-refractivity contribution is 6.74. The third-order valence-corrected chi connectivity index (χ3v) is 14.8. The molecule has 2 saturated heterocycles. The van der Waals surface area contributed by atoms with Crippen LogP contribution in [0.1, 0.15) is 110 Å². The van der Waals surface area contributed by atoms with Crippen LogP contribution in [0.3, 0.4) is 0 Å². The molecule has 0 aromatic heterocycles. The molecule has 9 nitrogen and oxygen atoms in total. The number of Topliss-reactive ketones (excluding diaryl/α,β-unsaturated/α-hetero) is 1. The van der Waals surface area contributed by atoms with Gasteiger partial charge in [-0.05, 0) is 98.5 Å². The van der Waals surface area contributed by atoms with Crippen LogP contribution in [0, 0.1) is 17.8 Å². The van der Waals surface area contributed by atoms with Crippen molar-refractivity contribution in [2.75, 3.05) is 13.7 Å². The standard InChI is InChI=1S/C36H66O9Si/c1-19-26(40-20-2)36(15)30(42-34(12,13)45-36)23(4)27(37)22(3)21-35(14)29(41-33(10,11)44-35)24(5)28(25(6)31(38)39-16)43-46(17,18)32(7,8)9/h21,23-26,28-30H,19-20H2,1-18H3. The number of carbonyl (C=O) groups is 2. The lowest BCUT2D eigenvalue weighted by atomic mass is 9.78. The first-order chi connectivity index (χ1) is 20.7. The van der Waals surface area contributed by atoms with Gasteiger partial charge in [0.1, 0.15) is 17.3 Å². The van der Waals surface area contributed by atoms with Gasteiger partial charge in [0.2, 0.25) is 0 Å². The molecule has 46 heavy (non-hydrogen) atoms. The first kappa shape index (κ1) is 41.0. The summed E-state index contributed by atoms with van der Waals surface area (Å²) in [6, 6.07) is 0. The molecule has 0 N–H and O–H groups in total. The van der Waals surface area contributed by atoms with E-state index in [1.807, 2.05) is 82.2 Å². The van der Waals surface area contributed by atoms with E-state index >= 15 is 0 Å². The molecule has 2 fully saturated rings. The zero-order valence-corrected chi connectivity index (χ0v) is 33.2. The van der Waals surface area contributed by atoms with Crippen LogP contribution < -0.4 is 0 Å². The average Bonchev–Trinajstić information content (AvgIpc) is 3.33. The minimum Gasteiger partial charge on any atom is -0.469 e. The van der Waals surface area contributed by atoms with E-state index in [1.165, 1.54) is 7.11 Å². The summed E-state index contributed by atoms with van der Waals surface area (Å²) in [4.78, 5) is 27.1. The Hall–Kier alpha value is -1.14. The zero-order chi connectivity index (χ0) is 35.8. The van der Waals surface area contributed by atoms with E-state index in [1.54, 1.807) is 0 Å². The van der Waals surface area contributed by atoms with Crippen LogP contribution in [0.15, 0.2) is 11.6 Å². The molecule has 2 heterocycles. The number of allylic oxidation sites excluding steroid dienone is 1. The fourth-order valence-corrected chi connectivity index (χ4v) is 8.67. The number of hydrogen-bond acceptors (Lipinski definition) is 9. The van der Waals surface area contributed by atoms with E-state index in [2.05, 4.69) is 40.8 Å². The first-order valence-corrected chi connectivity index (χ1v) is 20.0. The van der Waals surface area contributed by atoms with E-state index < -0.39 is 61.2 Å². The van der Waals surface area contributed by atoms with Crippen molar-refractivity contribution in [3.63, 3.8) is 0 Å². The highest BCUT2D eigenvalue weighted by Gasteiger charge is 2.58. The molecule has 0 aromatic rings. The van der Waals surface area contributed by atoms with E-state index in [4.69, 9.17) is 32.8 Å². The van der Waals surface area contributed by atoms with Crippen LogP contribution in [-0.2, 0) is 42.4 Å². The maximum Gasteiger partial charge on any atom is 0.310 e. The van der Waals surface area contributed by atoms with Crippen molar-refractivity contribution in [2.24, 2.45) is 17.8 Å². The number of rotatable bonds is 14. The van der Waals surface area contributed by atoms with Gasteiger partial charge in [-0.3, -0.25) is 9.59 Å². The Morgan fingerprint density at radius 1 is 0.913 bits per heavy atom. The lowest BCUT2D eigenvalue weighted by molar-refractivity contribution is -0.186. The summed E-state index contributed by atoms with van der Waals surface area (Å²) in [7, 11) is -0.920. The van der Waals surface area contributed by atoms with Crippen LogP contribution in [-0.4, -0.2) is 81.0 Å². The Bertz CT molecular complexity index is 1110. The second-order valence-electron chi connectivity index (χ2n) is 16.3. The van der Waals surface area contributed by atoms with Gasteiger partial charge in [0.05, 0.1) is 31.3 Å². The van der Waals surface area contributed by atoms with Crippen LogP contribution in [0.25, 0.3) is 0 Å². The lowest BCUT2D eigenvalue weighted by Crippen LogP contribution is -2.53. The Morgan fingerprint density at radius 2 is 1.43 bits per heavy atom. The smallest absolute Gasteiger partial charge is 0.310 e. The SMILES string of the molecule is CCOC(CC)C1(C)OC(C)(C)OC1C(C)C(=O)C(C)=CC1(C)OC(C)(C)OC1C(C)C(O[Si](C)(C)C(C)(C)C)C(C)C(=O)OC. The van der Waals surface area contributed by atoms with E-state index in [0.29, 0.717) is 12.2 Å². The van der Waals surface area contributed by atoms with Gasteiger partial charge in [-0.15, -0.1) is 0 Å². The predicted molar refractivity (Wildman–Crippen MR) is 183 cm³/mol. The third kappa shape index (κ3) is 8.71. The van der Waals surface area contributed by atoms with Gasteiger partial charge in [-0.2, -0.15) is 0 Å². The van der Waals surface area contributed by atoms with Gasteiger partial charge < -0.3 is 32.8 Å². The minimum absolute atomic E-state index is 0.0678. The number of hydrogen-bond donors (Lipinski definition) is 0. The summed E-state index contributed by atoms with van der Waals surface area (Å²) in [5.41, 5.74) is -1.28. The molecular weight excluding hydrogens is 604 g/mol. The zero-order valence-electron chi connectivity index (χ0n) is 32.2. The first-order valence-electron chi connectivity index (χ1n) is 17.1. The molecule has 10 heteroatoms. The highest BCUT2D eigenvalue weighted by Crippen LogP contribution is 2.47. The van der Waals surface area contributed by atoms with Gasteiger partial charge in [0.15, 0.2) is 25.7 Å². The van der Waals surface area contributed by atoms with E-state index in [0.717, 1.165) is 6.42 Å². The Labute approximate surface area is 280 Å². The Kier molecular flexibility index (Phi) is 12.8. The molecule has 0 aromatic carbocycles. The Morgan fingerprint density at radius 3 is 1.91 bits per heavy atom. The fraction of sp³-hybridized carbons (Fsp3) is 0.889. The van der Waals surface area contributed by atoms with Crippen LogP contribution >= 0.6 is 0 Å². The van der Waals surface area contributed by atoms with Crippen molar-refractivity contribution >= 4 is 20.1 Å². The monoisotopic (exact) mass is 670 g/mol.